The number of nitrogens with one attached hydrogen (secondary N) is 1. The molecule has 2 aromatic carbocycles. The summed E-state index contributed by atoms with van der Waals surface area (Å²) in [6.45, 7) is 1.28. The predicted molar refractivity (Wildman–Crippen MR) is 87.5 cm³/mol. The van der Waals surface area contributed by atoms with Crippen LogP contribution in [0.25, 0.3) is 0 Å². The maximum atomic E-state index is 10.9. The summed E-state index contributed by atoms with van der Waals surface area (Å²) in [4.78, 5) is 10.9. The number of hydrogen-bond acceptors (Lipinski definition) is 4. The van der Waals surface area contributed by atoms with Crippen LogP contribution in [0.3, 0.4) is 0 Å². The second-order valence-corrected chi connectivity index (χ2v) is 5.50. The highest BCUT2D eigenvalue weighted by Crippen LogP contribution is 2.32. The van der Waals surface area contributed by atoms with E-state index in [4.69, 9.17) is 15.2 Å². The van der Waals surface area contributed by atoms with Gasteiger partial charge in [0, 0.05) is 18.2 Å². The van der Waals surface area contributed by atoms with Gasteiger partial charge in [-0.15, -0.1) is 0 Å². The lowest BCUT2D eigenvalue weighted by Gasteiger charge is -2.19. The van der Waals surface area contributed by atoms with Crippen LogP contribution in [-0.2, 0) is 11.2 Å². The van der Waals surface area contributed by atoms with E-state index < -0.39 is 5.91 Å². The van der Waals surface area contributed by atoms with E-state index in [0.717, 1.165) is 24.3 Å². The maximum Gasteiger partial charge on any atom is 0.255 e. The van der Waals surface area contributed by atoms with Gasteiger partial charge < -0.3 is 20.5 Å². The van der Waals surface area contributed by atoms with Crippen LogP contribution in [0.2, 0.25) is 0 Å². The minimum atomic E-state index is -0.491. The molecule has 0 saturated carbocycles. The first-order valence-electron chi connectivity index (χ1n) is 7.67. The van der Waals surface area contributed by atoms with Gasteiger partial charge in [0.05, 0.1) is 0 Å². The van der Waals surface area contributed by atoms with Crippen LogP contribution in [0.5, 0.6) is 11.5 Å². The van der Waals surface area contributed by atoms with Crippen LogP contribution in [0.4, 0.5) is 0 Å². The van der Waals surface area contributed by atoms with Crippen LogP contribution in [0.1, 0.15) is 17.2 Å². The van der Waals surface area contributed by atoms with Gasteiger partial charge >= 0.3 is 0 Å². The summed E-state index contributed by atoms with van der Waals surface area (Å²) in [7, 11) is 0. The summed E-state index contributed by atoms with van der Waals surface area (Å²) in [5.74, 6) is 0.977. The van der Waals surface area contributed by atoms with Crippen molar-refractivity contribution in [2.24, 2.45) is 5.73 Å². The van der Waals surface area contributed by atoms with Crippen LogP contribution in [0.15, 0.2) is 48.5 Å². The summed E-state index contributed by atoms with van der Waals surface area (Å²) in [6, 6.07) is 16.0. The van der Waals surface area contributed by atoms with Gasteiger partial charge in [-0.05, 0) is 30.2 Å². The lowest BCUT2D eigenvalue weighted by Crippen LogP contribution is -2.24. The topological polar surface area (TPSA) is 73.6 Å². The third-order valence-electron chi connectivity index (χ3n) is 3.77. The van der Waals surface area contributed by atoms with E-state index in [0.29, 0.717) is 12.4 Å². The lowest BCUT2D eigenvalue weighted by atomic mass is 9.98. The quantitative estimate of drug-likeness (QED) is 0.883. The molecule has 1 aliphatic rings. The molecule has 1 unspecified atom stereocenters. The predicted octanol–water partition coefficient (Wildman–Crippen LogP) is 1.82. The second-order valence-electron chi connectivity index (χ2n) is 5.50. The molecule has 1 atom stereocenters. The molecule has 1 amide bonds. The number of hydrogen-bond donors (Lipinski definition) is 2. The minimum absolute atomic E-state index is 0.129. The number of rotatable bonds is 5. The van der Waals surface area contributed by atoms with E-state index in [1.807, 2.05) is 30.3 Å². The average molecular weight is 312 g/mol. The maximum absolute atomic E-state index is 10.9. The molecule has 0 aliphatic carbocycles. The fourth-order valence-corrected chi connectivity index (χ4v) is 2.71. The molecule has 3 rings (SSSR count). The molecule has 120 valence electrons. The van der Waals surface area contributed by atoms with Crippen molar-refractivity contribution in [3.63, 3.8) is 0 Å². The molecule has 23 heavy (non-hydrogen) atoms. The number of amides is 1. The number of carbonyl (C=O) groups excluding carboxylic acids is 1. The fourth-order valence-electron chi connectivity index (χ4n) is 2.71. The molecule has 0 spiro atoms. The summed E-state index contributed by atoms with van der Waals surface area (Å²) in [5.41, 5.74) is 7.42. The van der Waals surface area contributed by atoms with E-state index in [1.54, 1.807) is 6.07 Å². The normalized spacial score (nSPS) is 16.8. The van der Waals surface area contributed by atoms with Crippen LogP contribution in [-0.4, -0.2) is 25.7 Å². The van der Waals surface area contributed by atoms with Gasteiger partial charge in [-0.2, -0.15) is 0 Å². The molecule has 0 fully saturated rings. The van der Waals surface area contributed by atoms with E-state index in [-0.39, 0.29) is 12.6 Å². The van der Waals surface area contributed by atoms with Crippen molar-refractivity contribution in [2.45, 2.75) is 12.5 Å². The van der Waals surface area contributed by atoms with Gasteiger partial charge in [0.1, 0.15) is 18.1 Å². The number of primary amides is 1. The van der Waals surface area contributed by atoms with E-state index >= 15 is 0 Å². The summed E-state index contributed by atoms with van der Waals surface area (Å²) in [6.07, 6.45) is 0.858. The Hall–Kier alpha value is -2.53. The lowest BCUT2D eigenvalue weighted by molar-refractivity contribution is -0.119. The van der Waals surface area contributed by atoms with Crippen molar-refractivity contribution in [3.05, 3.63) is 59.7 Å². The average Bonchev–Trinajstić information content (AvgIpc) is 2.76. The first kappa shape index (κ1) is 15.4. The zero-order valence-electron chi connectivity index (χ0n) is 12.8. The first-order chi connectivity index (χ1) is 11.2. The fraction of sp³-hybridized carbons (Fsp3) is 0.278. The van der Waals surface area contributed by atoms with Crippen LogP contribution < -0.4 is 20.5 Å². The summed E-state index contributed by atoms with van der Waals surface area (Å²) < 4.78 is 11.2. The van der Waals surface area contributed by atoms with Gasteiger partial charge in [0.15, 0.2) is 6.61 Å². The molecular formula is C18H20N2O3. The second kappa shape index (κ2) is 7.15. The minimum Gasteiger partial charge on any atom is -0.492 e. The zero-order valence-corrected chi connectivity index (χ0v) is 12.8. The number of ether oxygens (including phenoxy) is 2. The monoisotopic (exact) mass is 312 g/mol. The largest absolute Gasteiger partial charge is 0.492 e. The molecule has 5 heteroatoms. The number of benzene rings is 2. The Balaban J connectivity index is 1.84. The SMILES string of the molecule is NC(=O)COc1ccc2c(c1)C(Cc1ccccc1)NCCO2. The van der Waals surface area contributed by atoms with Crippen molar-refractivity contribution in [1.82, 2.24) is 5.32 Å². The van der Waals surface area contributed by atoms with E-state index in [9.17, 15) is 4.79 Å². The first-order valence-corrected chi connectivity index (χ1v) is 7.67. The Morgan fingerprint density at radius 1 is 1.26 bits per heavy atom. The summed E-state index contributed by atoms with van der Waals surface area (Å²) >= 11 is 0. The summed E-state index contributed by atoms with van der Waals surface area (Å²) in [5, 5.41) is 3.51. The number of nitrogens with two attached hydrogens (primary N) is 1. The number of carbonyl (C=O) groups is 1. The van der Waals surface area contributed by atoms with Crippen molar-refractivity contribution in [2.75, 3.05) is 19.8 Å². The Morgan fingerprint density at radius 2 is 2.09 bits per heavy atom. The van der Waals surface area contributed by atoms with Gasteiger partial charge in [-0.1, -0.05) is 30.3 Å². The Labute approximate surface area is 135 Å². The highest BCUT2D eigenvalue weighted by atomic mass is 16.5. The van der Waals surface area contributed by atoms with E-state index in [1.165, 1.54) is 5.56 Å². The highest BCUT2D eigenvalue weighted by Gasteiger charge is 2.20. The molecule has 3 N–H and O–H groups in total. The van der Waals surface area contributed by atoms with Crippen LogP contribution in [0, 0.1) is 0 Å². The molecule has 0 radical (unpaired) electrons. The van der Waals surface area contributed by atoms with Crippen molar-refractivity contribution in [3.8, 4) is 11.5 Å². The Bertz CT molecular complexity index is 673. The third-order valence-corrected chi connectivity index (χ3v) is 3.77. The van der Waals surface area contributed by atoms with Gasteiger partial charge in [0.25, 0.3) is 5.91 Å². The van der Waals surface area contributed by atoms with E-state index in [2.05, 4.69) is 17.4 Å². The Kier molecular flexibility index (Phi) is 4.78. The van der Waals surface area contributed by atoms with Gasteiger partial charge in [-0.3, -0.25) is 4.79 Å². The standard InChI is InChI=1S/C18H20N2O3/c19-18(21)12-23-14-6-7-17-15(11-14)16(20-8-9-22-17)10-13-4-2-1-3-5-13/h1-7,11,16,20H,8-10,12H2,(H2,19,21). The molecule has 0 saturated heterocycles. The van der Waals surface area contributed by atoms with Crippen molar-refractivity contribution < 1.29 is 14.3 Å². The van der Waals surface area contributed by atoms with Crippen molar-refractivity contribution >= 4 is 5.91 Å². The Morgan fingerprint density at radius 3 is 2.87 bits per heavy atom. The van der Waals surface area contributed by atoms with Gasteiger partial charge in [0.2, 0.25) is 0 Å². The van der Waals surface area contributed by atoms with Gasteiger partial charge in [-0.25, -0.2) is 0 Å². The zero-order chi connectivity index (χ0) is 16.1. The highest BCUT2D eigenvalue weighted by molar-refractivity contribution is 5.75. The molecule has 1 heterocycles. The van der Waals surface area contributed by atoms with Crippen LogP contribution >= 0.6 is 0 Å². The van der Waals surface area contributed by atoms with Crippen molar-refractivity contribution in [1.29, 1.82) is 0 Å². The third kappa shape index (κ3) is 4.02. The molecule has 0 bridgehead atoms. The molecule has 0 aromatic heterocycles. The molecule has 5 nitrogen and oxygen atoms in total. The smallest absolute Gasteiger partial charge is 0.255 e. The molecule has 1 aliphatic heterocycles. The number of fused-ring (bicyclic) bond motifs is 1. The molecular weight excluding hydrogens is 292 g/mol. The molecule has 2 aromatic rings.